The van der Waals surface area contributed by atoms with Gasteiger partial charge in [0.15, 0.2) is 0 Å². The van der Waals surface area contributed by atoms with Gasteiger partial charge in [-0.2, -0.15) is 0 Å². The van der Waals surface area contributed by atoms with Crippen molar-refractivity contribution in [2.75, 3.05) is 6.54 Å². The Morgan fingerprint density at radius 2 is 2.18 bits per heavy atom. The molecule has 1 aliphatic carbocycles. The summed E-state index contributed by atoms with van der Waals surface area (Å²) in [5.41, 5.74) is -0.418. The van der Waals surface area contributed by atoms with E-state index in [1.54, 1.807) is 0 Å². The summed E-state index contributed by atoms with van der Waals surface area (Å²) in [6.07, 6.45) is 3.20. The van der Waals surface area contributed by atoms with E-state index in [2.05, 4.69) is 9.71 Å². The number of hydrogen-bond donors (Lipinski definition) is 2. The molecule has 0 spiro atoms. The van der Waals surface area contributed by atoms with Gasteiger partial charge in [-0.15, -0.1) is 0 Å². The van der Waals surface area contributed by atoms with Gasteiger partial charge in [-0.1, -0.05) is 18.5 Å². The molecule has 1 aliphatic rings. The zero-order chi connectivity index (χ0) is 12.7. The van der Waals surface area contributed by atoms with Crippen molar-refractivity contribution < 1.29 is 8.42 Å². The molecule has 0 radical (unpaired) electrons. The second-order valence-corrected chi connectivity index (χ2v) is 6.82. The minimum absolute atomic E-state index is 0.0219. The van der Waals surface area contributed by atoms with Crippen molar-refractivity contribution in [2.45, 2.75) is 24.7 Å². The summed E-state index contributed by atoms with van der Waals surface area (Å²) in [6.45, 7) is 2.43. The maximum absolute atomic E-state index is 11.9. The van der Waals surface area contributed by atoms with Crippen LogP contribution in [-0.2, 0) is 10.0 Å². The van der Waals surface area contributed by atoms with Gasteiger partial charge < -0.3 is 4.98 Å². The van der Waals surface area contributed by atoms with Crippen LogP contribution in [0.15, 0.2) is 22.0 Å². The van der Waals surface area contributed by atoms with E-state index in [0.717, 1.165) is 25.1 Å². The summed E-state index contributed by atoms with van der Waals surface area (Å²) >= 11 is 5.59. The first-order valence-corrected chi connectivity index (χ1v) is 7.06. The van der Waals surface area contributed by atoms with E-state index in [-0.39, 0.29) is 15.3 Å². The van der Waals surface area contributed by atoms with E-state index in [1.807, 2.05) is 6.92 Å². The molecule has 5 nitrogen and oxygen atoms in total. The predicted molar refractivity (Wildman–Crippen MR) is 64.6 cm³/mol. The van der Waals surface area contributed by atoms with Crippen molar-refractivity contribution in [3.8, 4) is 0 Å². The van der Waals surface area contributed by atoms with Gasteiger partial charge in [0.05, 0.1) is 4.90 Å². The molecule has 0 aromatic carbocycles. The van der Waals surface area contributed by atoms with Gasteiger partial charge >= 0.3 is 0 Å². The lowest BCUT2D eigenvalue weighted by atomic mass is 10.2. The van der Waals surface area contributed by atoms with Crippen LogP contribution in [0.5, 0.6) is 0 Å². The summed E-state index contributed by atoms with van der Waals surface area (Å²) < 4.78 is 26.3. The molecule has 17 heavy (non-hydrogen) atoms. The Hall–Kier alpha value is -0.850. The van der Waals surface area contributed by atoms with Crippen molar-refractivity contribution in [1.82, 2.24) is 9.71 Å². The monoisotopic (exact) mass is 276 g/mol. The molecule has 1 saturated carbocycles. The van der Waals surface area contributed by atoms with Crippen LogP contribution in [0.25, 0.3) is 0 Å². The highest BCUT2D eigenvalue weighted by Gasteiger charge is 2.38. The number of aromatic nitrogens is 1. The fourth-order valence-corrected chi connectivity index (χ4v) is 2.76. The number of pyridine rings is 1. The third kappa shape index (κ3) is 2.88. The molecule has 7 heteroatoms. The first-order chi connectivity index (χ1) is 7.82. The molecule has 1 fully saturated rings. The Morgan fingerprint density at radius 3 is 2.71 bits per heavy atom. The predicted octanol–water partition coefficient (Wildman–Crippen LogP) is 1.11. The molecule has 94 valence electrons. The van der Waals surface area contributed by atoms with Crippen molar-refractivity contribution in [3.63, 3.8) is 0 Å². The summed E-state index contributed by atoms with van der Waals surface area (Å²) in [5.74, 6) is 0. The minimum Gasteiger partial charge on any atom is -0.326 e. The normalized spacial score (nSPS) is 18.0. The molecule has 1 aromatic rings. The molecule has 1 aromatic heterocycles. The van der Waals surface area contributed by atoms with Crippen molar-refractivity contribution >= 4 is 21.6 Å². The number of nitrogens with one attached hydrogen (secondary N) is 2. The summed E-state index contributed by atoms with van der Waals surface area (Å²) in [6, 6.07) is 1.15. The highest BCUT2D eigenvalue weighted by Crippen LogP contribution is 2.44. The van der Waals surface area contributed by atoms with Crippen molar-refractivity contribution in [3.05, 3.63) is 27.6 Å². The smallest absolute Gasteiger partial charge is 0.266 e. The van der Waals surface area contributed by atoms with Crippen LogP contribution in [0, 0.1) is 5.41 Å². The summed E-state index contributed by atoms with van der Waals surface area (Å²) in [7, 11) is -3.60. The zero-order valence-electron chi connectivity index (χ0n) is 9.29. The van der Waals surface area contributed by atoms with E-state index < -0.39 is 15.6 Å². The van der Waals surface area contributed by atoms with Crippen LogP contribution in [0.1, 0.15) is 19.8 Å². The van der Waals surface area contributed by atoms with Gasteiger partial charge in [-0.05, 0) is 24.3 Å². The van der Waals surface area contributed by atoms with E-state index in [9.17, 15) is 13.2 Å². The quantitative estimate of drug-likeness (QED) is 0.864. The lowest BCUT2D eigenvalue weighted by Gasteiger charge is -2.10. The number of H-pyrrole nitrogens is 1. The van der Waals surface area contributed by atoms with Gasteiger partial charge in [0.2, 0.25) is 10.0 Å². The molecule has 0 saturated heterocycles. The molecule has 2 N–H and O–H groups in total. The SMILES string of the molecule is CC1(CNS(=O)(=O)c2c[nH]c(=O)c(Cl)c2)CC1. The summed E-state index contributed by atoms with van der Waals surface area (Å²) in [5, 5.41) is -0.134. The Morgan fingerprint density at radius 1 is 1.53 bits per heavy atom. The first kappa shape index (κ1) is 12.6. The number of hydrogen-bond acceptors (Lipinski definition) is 3. The molecule has 1 heterocycles. The summed E-state index contributed by atoms with van der Waals surface area (Å²) in [4.78, 5) is 13.3. The van der Waals surface area contributed by atoms with Crippen molar-refractivity contribution in [1.29, 1.82) is 0 Å². The maximum atomic E-state index is 11.9. The lowest BCUT2D eigenvalue weighted by Crippen LogP contribution is -2.29. The molecule has 0 amide bonds. The molecule has 0 bridgehead atoms. The van der Waals surface area contributed by atoms with Crippen LogP contribution in [0.4, 0.5) is 0 Å². The third-order valence-electron chi connectivity index (χ3n) is 2.93. The van der Waals surface area contributed by atoms with Crippen molar-refractivity contribution in [2.24, 2.45) is 5.41 Å². The van der Waals surface area contributed by atoms with E-state index >= 15 is 0 Å². The van der Waals surface area contributed by atoms with Gasteiger partial charge in [0.25, 0.3) is 5.56 Å². The Kier molecular flexibility index (Phi) is 3.05. The first-order valence-electron chi connectivity index (χ1n) is 5.20. The van der Waals surface area contributed by atoms with E-state index in [0.29, 0.717) is 6.54 Å². The van der Waals surface area contributed by atoms with Crippen LogP contribution in [-0.4, -0.2) is 19.9 Å². The second-order valence-electron chi connectivity index (χ2n) is 4.65. The largest absolute Gasteiger partial charge is 0.326 e. The number of sulfonamides is 1. The van der Waals surface area contributed by atoms with Crippen LogP contribution in [0.3, 0.4) is 0 Å². The van der Waals surface area contributed by atoms with E-state index in [4.69, 9.17) is 11.6 Å². The Balaban J connectivity index is 2.19. The number of halogens is 1. The van der Waals surface area contributed by atoms with Gasteiger partial charge in [0, 0.05) is 12.7 Å². The highest BCUT2D eigenvalue weighted by atomic mass is 35.5. The van der Waals surface area contributed by atoms with Crippen LogP contribution >= 0.6 is 11.6 Å². The maximum Gasteiger partial charge on any atom is 0.266 e. The van der Waals surface area contributed by atoms with E-state index in [1.165, 1.54) is 0 Å². The zero-order valence-corrected chi connectivity index (χ0v) is 10.9. The molecular weight excluding hydrogens is 264 g/mol. The molecule has 0 atom stereocenters. The van der Waals surface area contributed by atoms with Gasteiger partial charge in [-0.25, -0.2) is 13.1 Å². The van der Waals surface area contributed by atoms with Crippen LogP contribution < -0.4 is 10.3 Å². The van der Waals surface area contributed by atoms with Gasteiger partial charge in [-0.3, -0.25) is 4.79 Å². The fourth-order valence-electron chi connectivity index (χ4n) is 1.34. The molecule has 2 rings (SSSR count). The molecular formula is C10H13ClN2O3S. The average Bonchev–Trinajstić information content (AvgIpc) is 2.99. The topological polar surface area (TPSA) is 79.0 Å². The fraction of sp³-hybridized carbons (Fsp3) is 0.500. The lowest BCUT2D eigenvalue weighted by molar-refractivity contribution is 0.530. The second kappa shape index (κ2) is 4.12. The third-order valence-corrected chi connectivity index (χ3v) is 4.60. The number of aromatic amines is 1. The minimum atomic E-state index is -3.60. The molecule has 0 unspecified atom stereocenters. The number of rotatable bonds is 4. The Labute approximate surface area is 104 Å². The van der Waals surface area contributed by atoms with Crippen LogP contribution in [0.2, 0.25) is 5.02 Å². The highest BCUT2D eigenvalue weighted by molar-refractivity contribution is 7.89. The average molecular weight is 277 g/mol. The Bertz CT molecular complexity index is 590. The molecule has 0 aliphatic heterocycles. The standard InChI is InChI=1S/C10H13ClN2O3S/c1-10(2-3-10)6-13-17(15,16)7-4-8(11)9(14)12-5-7/h4-5,13H,2-3,6H2,1H3,(H,12,14). The van der Waals surface area contributed by atoms with Gasteiger partial charge in [0.1, 0.15) is 5.02 Å².